The van der Waals surface area contributed by atoms with E-state index in [-0.39, 0.29) is 15.6 Å². The van der Waals surface area contributed by atoms with Crippen LogP contribution in [0.25, 0.3) is 11.0 Å². The van der Waals surface area contributed by atoms with Crippen LogP contribution in [0.4, 0.5) is 5.69 Å². The Morgan fingerprint density at radius 3 is 2.81 bits per heavy atom. The van der Waals surface area contributed by atoms with Crippen LogP contribution < -0.4 is 4.72 Å². The van der Waals surface area contributed by atoms with E-state index in [0.717, 1.165) is 11.7 Å². The molecule has 0 bridgehead atoms. The van der Waals surface area contributed by atoms with Crippen LogP contribution >= 0.6 is 39.3 Å². The topological polar surface area (TPSA) is 84.8 Å². The molecule has 10 heteroatoms. The van der Waals surface area contributed by atoms with Gasteiger partial charge >= 0.3 is 0 Å². The number of hydrogen-bond acceptors (Lipinski definition) is 6. The van der Waals surface area contributed by atoms with Gasteiger partial charge in [-0.05, 0) is 34.1 Å². The molecule has 1 N–H and O–H groups in total. The molecule has 0 saturated carbocycles. The average Bonchev–Trinajstić information content (AvgIpc) is 2.91. The quantitative estimate of drug-likeness (QED) is 0.722. The maximum atomic E-state index is 12.4. The van der Waals surface area contributed by atoms with Crippen molar-refractivity contribution in [1.82, 2.24) is 13.7 Å². The molecule has 0 fully saturated rings. The van der Waals surface area contributed by atoms with Gasteiger partial charge in [-0.1, -0.05) is 11.6 Å². The Hall–Kier alpha value is -1.29. The summed E-state index contributed by atoms with van der Waals surface area (Å²) >= 11 is 10.2. The summed E-state index contributed by atoms with van der Waals surface area (Å²) < 4.78 is 35.9. The van der Waals surface area contributed by atoms with Crippen LogP contribution in [0.15, 0.2) is 40.0 Å². The van der Waals surface area contributed by atoms with Gasteiger partial charge in [-0.25, -0.2) is 8.42 Å². The van der Waals surface area contributed by atoms with E-state index in [2.05, 4.69) is 34.4 Å². The third kappa shape index (κ3) is 2.86. The van der Waals surface area contributed by atoms with E-state index in [1.165, 1.54) is 18.5 Å². The lowest BCUT2D eigenvalue weighted by Crippen LogP contribution is -2.14. The number of benzene rings is 1. The number of nitrogens with zero attached hydrogens (tertiary/aromatic N) is 3. The van der Waals surface area contributed by atoms with Gasteiger partial charge in [0.15, 0.2) is 0 Å². The summed E-state index contributed by atoms with van der Waals surface area (Å²) in [6.07, 6.45) is 2.75. The molecule has 0 radical (unpaired) electrons. The first-order valence-corrected chi connectivity index (χ1v) is 8.90. The summed E-state index contributed by atoms with van der Waals surface area (Å²) in [5.74, 6) is 0. The fraction of sp³-hybridized carbons (Fsp3) is 0. The molecule has 0 unspecified atom stereocenters. The van der Waals surface area contributed by atoms with E-state index in [1.54, 1.807) is 12.1 Å². The number of sulfonamides is 1. The third-order valence-corrected chi connectivity index (χ3v) is 5.21. The molecule has 0 aliphatic heterocycles. The van der Waals surface area contributed by atoms with Gasteiger partial charge in [0.2, 0.25) is 0 Å². The van der Waals surface area contributed by atoms with Crippen molar-refractivity contribution < 1.29 is 8.42 Å². The van der Waals surface area contributed by atoms with Crippen LogP contribution in [0.3, 0.4) is 0 Å². The average molecular weight is 406 g/mol. The first-order chi connectivity index (χ1) is 9.97. The maximum absolute atomic E-state index is 12.4. The van der Waals surface area contributed by atoms with Crippen molar-refractivity contribution in [1.29, 1.82) is 0 Å². The number of hydrogen-bond donors (Lipinski definition) is 1. The van der Waals surface area contributed by atoms with Gasteiger partial charge in [-0.2, -0.15) is 8.75 Å². The smallest absolute Gasteiger partial charge is 0.263 e. The monoisotopic (exact) mass is 404 g/mol. The molecule has 2 heterocycles. The van der Waals surface area contributed by atoms with Gasteiger partial charge in [0.1, 0.15) is 15.9 Å². The highest BCUT2D eigenvalue weighted by Crippen LogP contribution is 2.31. The lowest BCUT2D eigenvalue weighted by molar-refractivity contribution is 0.601. The van der Waals surface area contributed by atoms with Gasteiger partial charge in [0.25, 0.3) is 10.0 Å². The Balaban J connectivity index is 2.09. The van der Waals surface area contributed by atoms with E-state index < -0.39 is 10.0 Å². The summed E-state index contributed by atoms with van der Waals surface area (Å²) in [5.41, 5.74) is 1.20. The fourth-order valence-electron chi connectivity index (χ4n) is 1.66. The second-order valence-corrected chi connectivity index (χ2v) is 7.53. The highest BCUT2D eigenvalue weighted by atomic mass is 79.9. The van der Waals surface area contributed by atoms with Crippen LogP contribution in [0.2, 0.25) is 5.02 Å². The molecule has 21 heavy (non-hydrogen) atoms. The molecule has 0 amide bonds. The Labute approximate surface area is 137 Å². The zero-order valence-corrected chi connectivity index (χ0v) is 14.1. The molecule has 108 valence electrons. The lowest BCUT2D eigenvalue weighted by Gasteiger charge is -2.09. The molecular formula is C11H6BrClN4O2S2. The minimum atomic E-state index is -3.82. The molecule has 0 saturated heterocycles. The van der Waals surface area contributed by atoms with Gasteiger partial charge in [0, 0.05) is 16.9 Å². The number of fused-ring (bicyclic) bond motifs is 1. The highest BCUT2D eigenvalue weighted by molar-refractivity contribution is 9.10. The molecule has 0 spiro atoms. The Kier molecular flexibility index (Phi) is 3.82. The van der Waals surface area contributed by atoms with E-state index in [9.17, 15) is 8.42 Å². The largest absolute Gasteiger partial charge is 0.276 e. The summed E-state index contributed by atoms with van der Waals surface area (Å²) in [4.78, 5) is 3.86. The van der Waals surface area contributed by atoms with Crippen LogP contribution in [-0.4, -0.2) is 22.1 Å². The molecule has 6 nitrogen and oxygen atoms in total. The second kappa shape index (κ2) is 5.48. The normalized spacial score (nSPS) is 11.7. The summed E-state index contributed by atoms with van der Waals surface area (Å²) in [6, 6.07) is 4.70. The first kappa shape index (κ1) is 14.6. The van der Waals surface area contributed by atoms with Crippen molar-refractivity contribution in [3.8, 4) is 0 Å². The van der Waals surface area contributed by atoms with Crippen molar-refractivity contribution >= 4 is 66.0 Å². The Morgan fingerprint density at radius 1 is 1.24 bits per heavy atom. The molecule has 1 aromatic carbocycles. The van der Waals surface area contributed by atoms with E-state index in [1.807, 2.05) is 0 Å². The molecule has 0 atom stereocenters. The van der Waals surface area contributed by atoms with Crippen LogP contribution in [0.5, 0.6) is 0 Å². The van der Waals surface area contributed by atoms with Crippen molar-refractivity contribution in [2.45, 2.75) is 4.90 Å². The predicted octanol–water partition coefficient (Wildman–Crippen LogP) is 3.30. The van der Waals surface area contributed by atoms with Gasteiger partial charge < -0.3 is 0 Å². The highest BCUT2D eigenvalue weighted by Gasteiger charge is 2.19. The van der Waals surface area contributed by atoms with E-state index in [0.29, 0.717) is 15.5 Å². The summed E-state index contributed by atoms with van der Waals surface area (Å²) in [6.45, 7) is 0. The molecular weight excluding hydrogens is 400 g/mol. The standard InChI is InChI=1S/C11H6BrClN4O2S2/c12-6-3-7(5-14-4-6)21(18,19)17-10-8(13)1-2-9-11(10)16-20-15-9/h1-5,17H. The number of halogens is 2. The number of aromatic nitrogens is 3. The summed E-state index contributed by atoms with van der Waals surface area (Å²) in [5, 5.41) is 0.252. The van der Waals surface area contributed by atoms with Crippen LogP contribution in [0, 0.1) is 0 Å². The zero-order chi connectivity index (χ0) is 15.0. The predicted molar refractivity (Wildman–Crippen MR) is 85.2 cm³/mol. The first-order valence-electron chi connectivity index (χ1n) is 5.51. The minimum Gasteiger partial charge on any atom is -0.276 e. The third-order valence-electron chi connectivity index (χ3n) is 2.60. The molecule has 3 rings (SSSR count). The molecule has 0 aliphatic rings. The number of pyridine rings is 1. The van der Waals surface area contributed by atoms with Gasteiger partial charge in [0.05, 0.1) is 22.4 Å². The van der Waals surface area contributed by atoms with Crippen molar-refractivity contribution in [2.75, 3.05) is 4.72 Å². The molecule has 3 aromatic rings. The fourth-order valence-corrected chi connectivity index (χ4v) is 4.05. The SMILES string of the molecule is O=S(=O)(Nc1c(Cl)ccc2nsnc12)c1cncc(Br)c1. The minimum absolute atomic E-state index is 0.0214. The zero-order valence-electron chi connectivity index (χ0n) is 10.1. The molecule has 0 aliphatic carbocycles. The summed E-state index contributed by atoms with van der Waals surface area (Å²) in [7, 11) is -3.82. The van der Waals surface area contributed by atoms with Crippen LogP contribution in [0.1, 0.15) is 0 Å². The van der Waals surface area contributed by atoms with Crippen LogP contribution in [-0.2, 0) is 10.0 Å². The Bertz CT molecular complexity index is 929. The number of rotatable bonds is 3. The van der Waals surface area contributed by atoms with Crippen molar-refractivity contribution in [2.24, 2.45) is 0 Å². The van der Waals surface area contributed by atoms with Gasteiger partial charge in [-0.3, -0.25) is 9.71 Å². The van der Waals surface area contributed by atoms with Crippen molar-refractivity contribution in [3.63, 3.8) is 0 Å². The lowest BCUT2D eigenvalue weighted by atomic mass is 10.3. The number of anilines is 1. The van der Waals surface area contributed by atoms with Gasteiger partial charge in [-0.15, -0.1) is 0 Å². The van der Waals surface area contributed by atoms with E-state index in [4.69, 9.17) is 11.6 Å². The van der Waals surface area contributed by atoms with E-state index >= 15 is 0 Å². The Morgan fingerprint density at radius 2 is 2.05 bits per heavy atom. The second-order valence-electron chi connectivity index (χ2n) is 4.00. The van der Waals surface area contributed by atoms with Crippen molar-refractivity contribution in [3.05, 3.63) is 40.1 Å². The maximum Gasteiger partial charge on any atom is 0.263 e. The number of nitrogens with one attached hydrogen (secondary N) is 1. The molecule has 2 aromatic heterocycles.